The van der Waals surface area contributed by atoms with Crippen molar-refractivity contribution < 1.29 is 9.47 Å². The van der Waals surface area contributed by atoms with Crippen molar-refractivity contribution >= 4 is 33.2 Å². The Kier molecular flexibility index (Phi) is 7.41. The van der Waals surface area contributed by atoms with E-state index < -0.39 is 0 Å². The van der Waals surface area contributed by atoms with Crippen LogP contribution < -0.4 is 9.47 Å². The van der Waals surface area contributed by atoms with E-state index >= 15 is 0 Å². The minimum Gasteiger partial charge on any atom is -0.497 e. The van der Waals surface area contributed by atoms with Crippen molar-refractivity contribution in [2.75, 3.05) is 27.3 Å². The van der Waals surface area contributed by atoms with Crippen molar-refractivity contribution in [3.63, 3.8) is 0 Å². The number of ether oxygens (including phenoxy) is 2. The molecule has 2 aromatic heterocycles. The highest BCUT2D eigenvalue weighted by molar-refractivity contribution is 6.09. The van der Waals surface area contributed by atoms with Gasteiger partial charge in [0.1, 0.15) is 11.5 Å². The van der Waals surface area contributed by atoms with Crippen molar-refractivity contribution in [1.29, 1.82) is 0 Å². The molecule has 4 heterocycles. The topological polar surface area (TPSA) is 74.8 Å². The number of aromatic amines is 2. The molecule has 0 amide bonds. The first kappa shape index (κ1) is 28.4. The zero-order valence-corrected chi connectivity index (χ0v) is 26.4. The van der Waals surface area contributed by atoms with Crippen LogP contribution in [-0.2, 0) is 19.3 Å². The Morgan fingerprint density at radius 3 is 1.76 bits per heavy atom. The van der Waals surface area contributed by atoms with Gasteiger partial charge in [-0.2, -0.15) is 0 Å². The van der Waals surface area contributed by atoms with E-state index in [1.165, 1.54) is 50.0 Å². The maximum atomic E-state index is 5.53. The van der Waals surface area contributed by atoms with E-state index in [1.54, 1.807) is 14.2 Å². The van der Waals surface area contributed by atoms with E-state index in [-0.39, 0.29) is 5.92 Å². The van der Waals surface area contributed by atoms with Crippen LogP contribution in [0.25, 0.3) is 21.8 Å². The molecule has 0 fully saturated rings. The standard InChI is InChI=1S/C40H38N4O2/c1-45-29-11-13-31-33-15-17-41-37(39(33)43-35(31)23-29)21-28(27-10-6-9-26(20-27)19-25-7-4-3-5-8-25)22-38-40-34(16-18-42-38)32-14-12-30(46-2)24-36(32)44-40/h3-14,20,23-24,28,43-44H,15-19,21-22H2,1-2H3. The minimum atomic E-state index is 0.201. The zero-order chi connectivity index (χ0) is 31.0. The summed E-state index contributed by atoms with van der Waals surface area (Å²) in [7, 11) is 3.44. The molecule has 0 radical (unpaired) electrons. The van der Waals surface area contributed by atoms with Crippen LogP contribution in [-0.4, -0.2) is 48.7 Å². The molecule has 2 N–H and O–H groups in total. The van der Waals surface area contributed by atoms with Gasteiger partial charge in [-0.3, -0.25) is 9.98 Å². The second-order valence-corrected chi connectivity index (χ2v) is 12.4. The van der Waals surface area contributed by atoms with E-state index in [0.29, 0.717) is 0 Å². The van der Waals surface area contributed by atoms with E-state index in [1.807, 2.05) is 0 Å². The first-order valence-corrected chi connectivity index (χ1v) is 16.2. The lowest BCUT2D eigenvalue weighted by atomic mass is 9.84. The third kappa shape index (κ3) is 5.28. The fourth-order valence-corrected chi connectivity index (χ4v) is 7.40. The second-order valence-electron chi connectivity index (χ2n) is 12.4. The van der Waals surface area contributed by atoms with E-state index in [0.717, 1.165) is 79.1 Å². The van der Waals surface area contributed by atoms with Gasteiger partial charge in [-0.25, -0.2) is 0 Å². The molecule has 230 valence electrons. The van der Waals surface area contributed by atoms with Crippen LogP contribution in [0.15, 0.2) is 101 Å². The third-order valence-electron chi connectivity index (χ3n) is 9.69. The SMILES string of the molecule is COc1ccc2c3c([nH]c2c1)C(CC(CC1=NCCc2c1[nH]c1cc(OC)ccc21)c1cccc(Cc2ccccc2)c1)=NCC3. The second kappa shape index (κ2) is 12.0. The van der Waals surface area contributed by atoms with Crippen molar-refractivity contribution in [2.24, 2.45) is 9.98 Å². The van der Waals surface area contributed by atoms with Gasteiger partial charge in [-0.15, -0.1) is 0 Å². The first-order valence-electron chi connectivity index (χ1n) is 16.2. The fraction of sp³-hybridized carbons (Fsp3) is 0.250. The lowest BCUT2D eigenvalue weighted by molar-refractivity contribution is 0.415. The summed E-state index contributed by atoms with van der Waals surface area (Å²) in [5.74, 6) is 1.92. The minimum absolute atomic E-state index is 0.201. The molecule has 0 saturated heterocycles. The number of nitrogens with one attached hydrogen (secondary N) is 2. The largest absolute Gasteiger partial charge is 0.497 e. The third-order valence-corrected chi connectivity index (χ3v) is 9.69. The molecule has 0 saturated carbocycles. The van der Waals surface area contributed by atoms with Gasteiger partial charge in [0.05, 0.1) is 37.0 Å². The lowest BCUT2D eigenvalue weighted by Crippen LogP contribution is -2.20. The molecule has 0 unspecified atom stereocenters. The van der Waals surface area contributed by atoms with Crippen molar-refractivity contribution in [2.45, 2.75) is 38.0 Å². The summed E-state index contributed by atoms with van der Waals surface area (Å²) >= 11 is 0. The summed E-state index contributed by atoms with van der Waals surface area (Å²) in [5.41, 5.74) is 13.5. The normalized spacial score (nSPS) is 14.2. The monoisotopic (exact) mass is 606 g/mol. The number of hydrogen-bond acceptors (Lipinski definition) is 4. The molecular formula is C40H38N4O2. The number of methoxy groups -OCH3 is 2. The van der Waals surface area contributed by atoms with Crippen LogP contribution in [0, 0.1) is 0 Å². The average Bonchev–Trinajstić information content (AvgIpc) is 3.67. The number of hydrogen-bond donors (Lipinski definition) is 2. The smallest absolute Gasteiger partial charge is 0.120 e. The summed E-state index contributed by atoms with van der Waals surface area (Å²) in [6.45, 7) is 1.61. The van der Waals surface area contributed by atoms with Crippen molar-refractivity contribution in [3.8, 4) is 11.5 Å². The van der Waals surface area contributed by atoms with Crippen LogP contribution >= 0.6 is 0 Å². The van der Waals surface area contributed by atoms with Gasteiger partial charge in [0.2, 0.25) is 0 Å². The van der Waals surface area contributed by atoms with Gasteiger partial charge in [0.25, 0.3) is 0 Å². The Labute approximate surface area is 269 Å². The highest BCUT2D eigenvalue weighted by Crippen LogP contribution is 2.36. The number of H-pyrrole nitrogens is 2. The molecular weight excluding hydrogens is 568 g/mol. The maximum Gasteiger partial charge on any atom is 0.120 e. The molecule has 2 aliphatic heterocycles. The maximum absolute atomic E-state index is 5.53. The van der Waals surface area contributed by atoms with Crippen LogP contribution in [0.5, 0.6) is 11.5 Å². The lowest BCUT2D eigenvalue weighted by Gasteiger charge is -2.24. The van der Waals surface area contributed by atoms with Crippen LogP contribution in [0.2, 0.25) is 0 Å². The van der Waals surface area contributed by atoms with Crippen molar-refractivity contribution in [1.82, 2.24) is 9.97 Å². The molecule has 6 nitrogen and oxygen atoms in total. The average molecular weight is 607 g/mol. The van der Waals surface area contributed by atoms with Gasteiger partial charge in [-0.05, 0) is 90.1 Å². The Morgan fingerprint density at radius 2 is 1.20 bits per heavy atom. The number of aromatic nitrogens is 2. The number of rotatable bonds is 9. The van der Waals surface area contributed by atoms with E-state index in [9.17, 15) is 0 Å². The Morgan fingerprint density at radius 1 is 0.630 bits per heavy atom. The number of aliphatic imine (C=N–C) groups is 2. The molecule has 0 atom stereocenters. The van der Waals surface area contributed by atoms with Crippen LogP contribution in [0.1, 0.15) is 58.0 Å². The summed E-state index contributed by atoms with van der Waals surface area (Å²) in [5, 5.41) is 2.53. The van der Waals surface area contributed by atoms with Crippen molar-refractivity contribution in [3.05, 3.63) is 130 Å². The number of fused-ring (bicyclic) bond motifs is 6. The van der Waals surface area contributed by atoms with Gasteiger partial charge >= 0.3 is 0 Å². The predicted molar refractivity (Wildman–Crippen MR) is 188 cm³/mol. The molecule has 0 aliphatic carbocycles. The molecule has 0 spiro atoms. The molecule has 46 heavy (non-hydrogen) atoms. The Balaban J connectivity index is 1.17. The van der Waals surface area contributed by atoms with Crippen LogP contribution in [0.4, 0.5) is 0 Å². The fourth-order valence-electron chi connectivity index (χ4n) is 7.40. The predicted octanol–water partition coefficient (Wildman–Crippen LogP) is 8.21. The Hall–Kier alpha value is -5.10. The first-order chi connectivity index (χ1) is 22.7. The molecule has 0 bridgehead atoms. The van der Waals surface area contributed by atoms with Gasteiger partial charge in [0, 0.05) is 47.0 Å². The summed E-state index contributed by atoms with van der Waals surface area (Å²) in [4.78, 5) is 17.8. The van der Waals surface area contributed by atoms with Gasteiger partial charge in [-0.1, -0.05) is 54.6 Å². The van der Waals surface area contributed by atoms with Gasteiger partial charge < -0.3 is 19.4 Å². The molecule has 8 rings (SSSR count). The molecule has 4 aromatic carbocycles. The Bertz CT molecular complexity index is 2010. The molecule has 6 aromatic rings. The number of benzene rings is 4. The summed E-state index contributed by atoms with van der Waals surface area (Å²) in [6.07, 6.45) is 4.45. The van der Waals surface area contributed by atoms with Gasteiger partial charge in [0.15, 0.2) is 0 Å². The summed E-state index contributed by atoms with van der Waals surface area (Å²) in [6, 6.07) is 32.5. The van der Waals surface area contributed by atoms with E-state index in [2.05, 4.69) is 101 Å². The molecule has 6 heteroatoms. The molecule has 2 aliphatic rings. The summed E-state index contributed by atoms with van der Waals surface area (Å²) < 4.78 is 11.1. The quantitative estimate of drug-likeness (QED) is 0.174. The highest BCUT2D eigenvalue weighted by atomic mass is 16.5. The number of nitrogens with zero attached hydrogens (tertiary/aromatic N) is 2. The zero-order valence-electron chi connectivity index (χ0n) is 26.4. The highest BCUT2D eigenvalue weighted by Gasteiger charge is 2.27. The van der Waals surface area contributed by atoms with Crippen LogP contribution in [0.3, 0.4) is 0 Å². The van der Waals surface area contributed by atoms with E-state index in [4.69, 9.17) is 19.5 Å².